The number of para-hydroxylation sites is 2. The fourth-order valence-corrected chi connectivity index (χ4v) is 4.03. The molecule has 0 aliphatic carbocycles. The van der Waals surface area contributed by atoms with Gasteiger partial charge in [-0.3, -0.25) is 4.79 Å². The summed E-state index contributed by atoms with van der Waals surface area (Å²) < 4.78 is 8.19. The number of carbonyl (C=O) groups excluding carboxylic acids is 2. The fraction of sp³-hybridized carbons (Fsp3) is 0.0690. The minimum Gasteiger partial charge on any atom is -0.461 e. The molecule has 2 heterocycles. The maximum absolute atomic E-state index is 13.9. The van der Waals surface area contributed by atoms with Crippen molar-refractivity contribution in [3.63, 3.8) is 0 Å². The number of benzene rings is 3. The van der Waals surface area contributed by atoms with Crippen LogP contribution in [0, 0.1) is 11.3 Å². The summed E-state index contributed by atoms with van der Waals surface area (Å²) in [4.78, 5) is 26.7. The van der Waals surface area contributed by atoms with Crippen molar-refractivity contribution in [1.82, 2.24) is 19.6 Å². The van der Waals surface area contributed by atoms with Crippen LogP contribution in [0.1, 0.15) is 39.0 Å². The van der Waals surface area contributed by atoms with Crippen LogP contribution >= 0.6 is 0 Å². The lowest BCUT2D eigenvalue weighted by Crippen LogP contribution is -2.13. The number of carbonyl (C=O) groups is 2. The maximum atomic E-state index is 13.9. The van der Waals surface area contributed by atoms with Crippen molar-refractivity contribution in [2.24, 2.45) is 0 Å². The maximum Gasteiger partial charge on any atom is 0.359 e. The second-order valence-corrected chi connectivity index (χ2v) is 8.02. The molecule has 0 saturated heterocycles. The minimum atomic E-state index is -0.732. The molecule has 0 unspecified atom stereocenters. The molecule has 0 atom stereocenters. The van der Waals surface area contributed by atoms with Gasteiger partial charge in [-0.05, 0) is 31.2 Å². The Kier molecular flexibility index (Phi) is 6.43. The van der Waals surface area contributed by atoms with E-state index < -0.39 is 11.8 Å². The van der Waals surface area contributed by atoms with Gasteiger partial charge in [0.2, 0.25) is 5.78 Å². The van der Waals surface area contributed by atoms with Crippen molar-refractivity contribution in [2.45, 2.75) is 6.92 Å². The van der Waals surface area contributed by atoms with E-state index in [4.69, 9.17) is 4.74 Å². The van der Waals surface area contributed by atoms with Crippen LogP contribution in [0.15, 0.2) is 97.2 Å². The number of nitrogens with zero attached hydrogens (tertiary/aromatic N) is 5. The lowest BCUT2D eigenvalue weighted by Gasteiger charge is -2.07. The van der Waals surface area contributed by atoms with Crippen LogP contribution in [-0.4, -0.2) is 37.9 Å². The van der Waals surface area contributed by atoms with E-state index in [1.165, 1.54) is 10.9 Å². The van der Waals surface area contributed by atoms with E-state index in [2.05, 4.69) is 16.3 Å². The van der Waals surface area contributed by atoms with Crippen molar-refractivity contribution in [2.75, 3.05) is 6.61 Å². The molecule has 8 heteroatoms. The monoisotopic (exact) mass is 487 g/mol. The predicted molar refractivity (Wildman–Crippen MR) is 137 cm³/mol. The van der Waals surface area contributed by atoms with E-state index in [1.54, 1.807) is 23.7 Å². The van der Waals surface area contributed by atoms with Crippen molar-refractivity contribution in [1.29, 1.82) is 5.26 Å². The molecule has 5 rings (SSSR count). The quantitative estimate of drug-likeness (QED) is 0.236. The molecule has 5 aromatic rings. The molecule has 0 radical (unpaired) electrons. The Morgan fingerprint density at radius 3 is 2.03 bits per heavy atom. The van der Waals surface area contributed by atoms with Gasteiger partial charge >= 0.3 is 5.97 Å². The summed E-state index contributed by atoms with van der Waals surface area (Å²) in [6, 6.07) is 29.8. The molecule has 0 amide bonds. The third kappa shape index (κ3) is 4.42. The third-order valence-electron chi connectivity index (χ3n) is 5.71. The number of rotatable bonds is 7. The van der Waals surface area contributed by atoms with Crippen LogP contribution in [0.5, 0.6) is 0 Å². The molecule has 0 spiro atoms. The van der Waals surface area contributed by atoms with Crippen molar-refractivity contribution in [3.8, 4) is 28.7 Å². The number of aromatic nitrogens is 4. The highest BCUT2D eigenvalue weighted by Gasteiger charge is 2.31. The van der Waals surface area contributed by atoms with Gasteiger partial charge in [0.1, 0.15) is 11.6 Å². The number of ketones is 1. The number of esters is 1. The van der Waals surface area contributed by atoms with E-state index in [9.17, 15) is 14.9 Å². The smallest absolute Gasteiger partial charge is 0.359 e. The molecule has 0 aliphatic rings. The first-order chi connectivity index (χ1) is 18.1. The molecule has 0 N–H and O–H groups in total. The first-order valence-corrected chi connectivity index (χ1v) is 11.6. The summed E-state index contributed by atoms with van der Waals surface area (Å²) in [5.41, 5.74) is 2.41. The van der Waals surface area contributed by atoms with Gasteiger partial charge in [0.05, 0.1) is 29.2 Å². The molecule has 0 bridgehead atoms. The largest absolute Gasteiger partial charge is 0.461 e. The minimum absolute atomic E-state index is 0.00359. The number of hydrogen-bond donors (Lipinski definition) is 0. The van der Waals surface area contributed by atoms with Crippen molar-refractivity contribution < 1.29 is 14.3 Å². The Bertz CT molecular complexity index is 1620. The molecular formula is C29H21N5O3. The zero-order valence-electron chi connectivity index (χ0n) is 19.9. The Balaban J connectivity index is 1.72. The molecule has 0 fully saturated rings. The zero-order valence-corrected chi connectivity index (χ0v) is 19.9. The first-order valence-electron chi connectivity index (χ1n) is 11.6. The average Bonchev–Trinajstić information content (AvgIpc) is 3.57. The number of nitriles is 1. The lowest BCUT2D eigenvalue weighted by molar-refractivity contribution is 0.0516. The summed E-state index contributed by atoms with van der Waals surface area (Å²) in [6.45, 7) is 1.80. The summed E-state index contributed by atoms with van der Waals surface area (Å²) in [7, 11) is 0. The summed E-state index contributed by atoms with van der Waals surface area (Å²) in [6.07, 6.45) is 1.47. The van der Waals surface area contributed by atoms with E-state index in [0.29, 0.717) is 17.1 Å². The van der Waals surface area contributed by atoms with Crippen LogP contribution in [-0.2, 0) is 4.74 Å². The molecule has 0 saturated carbocycles. The van der Waals surface area contributed by atoms with Crippen LogP contribution in [0.2, 0.25) is 0 Å². The second kappa shape index (κ2) is 10.1. The Morgan fingerprint density at radius 2 is 1.43 bits per heavy atom. The Hall–Kier alpha value is -5.29. The van der Waals surface area contributed by atoms with Gasteiger partial charge in [-0.1, -0.05) is 66.7 Å². The molecule has 180 valence electrons. The highest BCUT2D eigenvalue weighted by molar-refractivity contribution is 6.14. The van der Waals surface area contributed by atoms with Crippen LogP contribution in [0.25, 0.3) is 22.6 Å². The van der Waals surface area contributed by atoms with Gasteiger partial charge in [0.25, 0.3) is 0 Å². The summed E-state index contributed by atoms with van der Waals surface area (Å²) in [5, 5.41) is 19.1. The van der Waals surface area contributed by atoms with Crippen molar-refractivity contribution >= 4 is 11.8 Å². The highest BCUT2D eigenvalue weighted by Crippen LogP contribution is 2.30. The average molecular weight is 488 g/mol. The van der Waals surface area contributed by atoms with Crippen LogP contribution in [0.3, 0.4) is 0 Å². The van der Waals surface area contributed by atoms with E-state index >= 15 is 0 Å². The van der Waals surface area contributed by atoms with Gasteiger partial charge in [-0.2, -0.15) is 15.5 Å². The van der Waals surface area contributed by atoms with Gasteiger partial charge in [0, 0.05) is 11.8 Å². The highest BCUT2D eigenvalue weighted by atomic mass is 16.5. The normalized spacial score (nSPS) is 10.6. The predicted octanol–water partition coefficient (Wildman–Crippen LogP) is 5.00. The molecule has 3 aromatic carbocycles. The molecule has 8 nitrogen and oxygen atoms in total. The van der Waals surface area contributed by atoms with Gasteiger partial charge in [0.15, 0.2) is 11.4 Å². The van der Waals surface area contributed by atoms with Crippen molar-refractivity contribution in [3.05, 3.63) is 120 Å². The van der Waals surface area contributed by atoms with E-state index in [1.807, 2.05) is 78.9 Å². The Labute approximate surface area is 213 Å². The van der Waals surface area contributed by atoms with Crippen LogP contribution in [0.4, 0.5) is 0 Å². The standard InChI is InChI=1S/C29H21N5O3/c1-2-37-29(36)26-24(19-33(31-26)21-14-8-4-9-15-21)28(35)25-23(18-30)27(20-12-6-3-7-13-20)34(32-25)22-16-10-5-11-17-22/h3-17,19H,2H2,1H3. The molecule has 0 aliphatic heterocycles. The summed E-state index contributed by atoms with van der Waals surface area (Å²) in [5.74, 6) is -1.33. The summed E-state index contributed by atoms with van der Waals surface area (Å²) >= 11 is 0. The van der Waals surface area contributed by atoms with E-state index in [-0.39, 0.29) is 29.1 Å². The Morgan fingerprint density at radius 1 is 0.838 bits per heavy atom. The number of hydrogen-bond acceptors (Lipinski definition) is 6. The zero-order chi connectivity index (χ0) is 25.8. The van der Waals surface area contributed by atoms with Gasteiger partial charge in [-0.15, -0.1) is 0 Å². The first kappa shape index (κ1) is 23.5. The molecule has 2 aromatic heterocycles. The topological polar surface area (TPSA) is 103 Å². The van der Waals surface area contributed by atoms with Gasteiger partial charge < -0.3 is 4.74 Å². The lowest BCUT2D eigenvalue weighted by atomic mass is 10.0. The van der Waals surface area contributed by atoms with E-state index in [0.717, 1.165) is 5.56 Å². The van der Waals surface area contributed by atoms with Crippen LogP contribution < -0.4 is 0 Å². The number of ether oxygens (including phenoxy) is 1. The fourth-order valence-electron chi connectivity index (χ4n) is 4.03. The third-order valence-corrected chi connectivity index (χ3v) is 5.71. The molecule has 37 heavy (non-hydrogen) atoms. The van der Waals surface area contributed by atoms with Gasteiger partial charge in [-0.25, -0.2) is 14.2 Å². The second-order valence-electron chi connectivity index (χ2n) is 8.02. The SMILES string of the molecule is CCOC(=O)c1nn(-c2ccccc2)cc1C(=O)c1nn(-c2ccccc2)c(-c2ccccc2)c1C#N. The molecular weight excluding hydrogens is 466 g/mol.